The van der Waals surface area contributed by atoms with Crippen LogP contribution in [0.2, 0.25) is 0 Å². The van der Waals surface area contributed by atoms with Crippen molar-refractivity contribution >= 4 is 50.0 Å². The Morgan fingerprint density at radius 1 is 0.718 bits per heavy atom. The summed E-state index contributed by atoms with van der Waals surface area (Å²) in [5.74, 6) is 3.31. The van der Waals surface area contributed by atoms with Gasteiger partial charge in [-0.3, -0.25) is 4.57 Å². The zero-order valence-electron chi connectivity index (χ0n) is 21.3. The molecule has 4 heterocycles. The Morgan fingerprint density at radius 2 is 1.51 bits per heavy atom. The number of aromatic nitrogens is 2. The van der Waals surface area contributed by atoms with E-state index in [-0.39, 0.29) is 0 Å². The van der Waals surface area contributed by atoms with Gasteiger partial charge < -0.3 is 19.0 Å². The molecular formula is C33H24N4O2. The number of furan rings is 1. The molecule has 0 spiro atoms. The number of hydrogen-bond donors (Lipinski definition) is 0. The average molecular weight is 509 g/mol. The fourth-order valence-electron chi connectivity index (χ4n) is 5.69. The quantitative estimate of drug-likeness (QED) is 0.239. The van der Waals surface area contributed by atoms with E-state index in [0.29, 0.717) is 6.67 Å². The van der Waals surface area contributed by atoms with Crippen LogP contribution in [-0.4, -0.2) is 23.3 Å². The van der Waals surface area contributed by atoms with Gasteiger partial charge in [-0.2, -0.15) is 0 Å². The van der Waals surface area contributed by atoms with Crippen LogP contribution in [0.4, 0.5) is 17.3 Å². The fourth-order valence-corrected chi connectivity index (χ4v) is 5.69. The van der Waals surface area contributed by atoms with Crippen LogP contribution in [0.15, 0.2) is 120 Å². The van der Waals surface area contributed by atoms with Crippen LogP contribution in [0, 0.1) is 0 Å². The molecule has 1 aliphatic rings. The lowest BCUT2D eigenvalue weighted by Crippen LogP contribution is -2.24. The summed E-state index contributed by atoms with van der Waals surface area (Å²) in [5, 5.41) is 3.46. The van der Waals surface area contributed by atoms with Crippen molar-refractivity contribution < 1.29 is 9.15 Å². The second-order valence-electron chi connectivity index (χ2n) is 9.84. The van der Waals surface area contributed by atoms with Gasteiger partial charge in [0.1, 0.15) is 28.6 Å². The van der Waals surface area contributed by atoms with Crippen molar-refractivity contribution in [1.29, 1.82) is 0 Å². The van der Waals surface area contributed by atoms with Gasteiger partial charge in [0.2, 0.25) is 5.88 Å². The summed E-state index contributed by atoms with van der Waals surface area (Å²) >= 11 is 0. The maximum Gasteiger partial charge on any atom is 0.222 e. The molecule has 0 saturated carbocycles. The summed E-state index contributed by atoms with van der Waals surface area (Å²) in [6, 6.07) is 37.1. The number of nitrogens with zero attached hydrogens (tertiary/aromatic N) is 4. The Morgan fingerprint density at radius 3 is 2.41 bits per heavy atom. The Bertz CT molecular complexity index is 2010. The van der Waals surface area contributed by atoms with Crippen LogP contribution in [-0.2, 0) is 0 Å². The van der Waals surface area contributed by atoms with Crippen molar-refractivity contribution in [2.75, 3.05) is 23.5 Å². The molecule has 188 valence electrons. The van der Waals surface area contributed by atoms with Gasteiger partial charge in [0.25, 0.3) is 0 Å². The molecule has 3 aromatic heterocycles. The molecule has 0 N–H and O–H groups in total. The molecular weight excluding hydrogens is 484 g/mol. The molecule has 0 atom stereocenters. The summed E-state index contributed by atoms with van der Waals surface area (Å²) in [4.78, 5) is 9.04. The minimum Gasteiger partial charge on any atom is -0.457 e. The molecule has 0 unspecified atom stereocenters. The number of para-hydroxylation sites is 2. The van der Waals surface area contributed by atoms with Crippen LogP contribution in [0.3, 0.4) is 0 Å². The van der Waals surface area contributed by atoms with Crippen LogP contribution in [0.5, 0.6) is 11.5 Å². The van der Waals surface area contributed by atoms with Crippen LogP contribution >= 0.6 is 0 Å². The first-order chi connectivity index (χ1) is 19.2. The third-order valence-corrected chi connectivity index (χ3v) is 7.41. The van der Waals surface area contributed by atoms with E-state index in [1.807, 2.05) is 54.7 Å². The molecule has 6 heteroatoms. The molecule has 7 aromatic rings. The molecule has 0 saturated heterocycles. The highest BCUT2D eigenvalue weighted by atomic mass is 16.5. The molecule has 4 aromatic carbocycles. The Hall–Kier alpha value is -5.23. The van der Waals surface area contributed by atoms with Gasteiger partial charge in [0.15, 0.2) is 0 Å². The van der Waals surface area contributed by atoms with Crippen molar-refractivity contribution in [1.82, 2.24) is 9.55 Å². The lowest BCUT2D eigenvalue weighted by molar-refractivity contribution is 0.483. The molecule has 6 nitrogen and oxygen atoms in total. The summed E-state index contributed by atoms with van der Waals surface area (Å²) in [7, 11) is 2.05. The average Bonchev–Trinajstić information content (AvgIpc) is 3.63. The number of ether oxygens (including phenoxy) is 1. The van der Waals surface area contributed by atoms with Crippen LogP contribution in [0.25, 0.3) is 38.6 Å². The number of rotatable bonds is 4. The Balaban J connectivity index is 1.19. The van der Waals surface area contributed by atoms with Gasteiger partial charge >= 0.3 is 0 Å². The number of benzene rings is 4. The maximum absolute atomic E-state index is 6.46. The number of anilines is 3. The lowest BCUT2D eigenvalue weighted by Gasteiger charge is -2.20. The first-order valence-corrected chi connectivity index (χ1v) is 13.0. The molecule has 0 radical (unpaired) electrons. The van der Waals surface area contributed by atoms with Crippen LogP contribution < -0.4 is 14.5 Å². The fraction of sp³-hybridized carbons (Fsp3) is 0.0606. The predicted molar refractivity (Wildman–Crippen MR) is 157 cm³/mol. The molecule has 39 heavy (non-hydrogen) atoms. The summed E-state index contributed by atoms with van der Waals surface area (Å²) in [6.07, 6.45) is 1.83. The highest BCUT2D eigenvalue weighted by Crippen LogP contribution is 2.47. The topological polar surface area (TPSA) is 46.7 Å². The third kappa shape index (κ3) is 3.38. The summed E-state index contributed by atoms with van der Waals surface area (Å²) in [6.45, 7) is 0.707. The van der Waals surface area contributed by atoms with E-state index in [1.165, 1.54) is 5.39 Å². The van der Waals surface area contributed by atoms with E-state index in [9.17, 15) is 0 Å². The minimum absolute atomic E-state index is 0.707. The van der Waals surface area contributed by atoms with Gasteiger partial charge in [-0.25, -0.2) is 4.98 Å². The van der Waals surface area contributed by atoms with Crippen molar-refractivity contribution in [3.8, 4) is 17.3 Å². The number of fused-ring (bicyclic) bond motifs is 6. The second-order valence-corrected chi connectivity index (χ2v) is 9.84. The van der Waals surface area contributed by atoms with Crippen molar-refractivity contribution in [2.24, 2.45) is 0 Å². The Kier molecular flexibility index (Phi) is 4.70. The largest absolute Gasteiger partial charge is 0.457 e. The minimum atomic E-state index is 0.707. The number of hydrogen-bond acceptors (Lipinski definition) is 5. The van der Waals surface area contributed by atoms with E-state index >= 15 is 0 Å². The van der Waals surface area contributed by atoms with Gasteiger partial charge in [-0.05, 0) is 54.6 Å². The van der Waals surface area contributed by atoms with Gasteiger partial charge in [-0.15, -0.1) is 0 Å². The predicted octanol–water partition coefficient (Wildman–Crippen LogP) is 8.26. The van der Waals surface area contributed by atoms with Crippen molar-refractivity contribution in [3.63, 3.8) is 0 Å². The van der Waals surface area contributed by atoms with Gasteiger partial charge in [0, 0.05) is 47.2 Å². The van der Waals surface area contributed by atoms with Gasteiger partial charge in [0.05, 0.1) is 17.7 Å². The monoisotopic (exact) mass is 508 g/mol. The van der Waals surface area contributed by atoms with E-state index in [0.717, 1.165) is 62.0 Å². The van der Waals surface area contributed by atoms with E-state index in [2.05, 4.69) is 87.1 Å². The van der Waals surface area contributed by atoms with Crippen LogP contribution in [0.1, 0.15) is 0 Å². The summed E-state index contributed by atoms with van der Waals surface area (Å²) < 4.78 is 14.8. The smallest absolute Gasteiger partial charge is 0.222 e. The number of pyridine rings is 1. The molecule has 1 aliphatic heterocycles. The highest BCUT2D eigenvalue weighted by Gasteiger charge is 2.31. The second kappa shape index (κ2) is 8.39. The molecule has 0 amide bonds. The molecule has 0 fully saturated rings. The van der Waals surface area contributed by atoms with Crippen molar-refractivity contribution in [2.45, 2.75) is 0 Å². The maximum atomic E-state index is 6.46. The Labute approximate surface area is 224 Å². The third-order valence-electron chi connectivity index (χ3n) is 7.41. The van der Waals surface area contributed by atoms with Gasteiger partial charge in [-0.1, -0.05) is 42.5 Å². The molecule has 0 aliphatic carbocycles. The van der Waals surface area contributed by atoms with E-state index in [4.69, 9.17) is 9.15 Å². The standard InChI is InChI=1S/C33H24N4O2/c1-35-21-36(32-27-12-3-5-14-30(27)39-33(32)35)22-9-8-10-23(19-22)38-24-16-17-26-25-11-2-4-13-28(25)37(29(26)20-24)31-15-6-7-18-34-31/h2-20H,21H2,1H3. The zero-order chi connectivity index (χ0) is 25.9. The zero-order valence-corrected chi connectivity index (χ0v) is 21.3. The van der Waals surface area contributed by atoms with Crippen molar-refractivity contribution in [3.05, 3.63) is 115 Å². The first-order valence-electron chi connectivity index (χ1n) is 13.0. The van der Waals surface area contributed by atoms with E-state index in [1.54, 1.807) is 0 Å². The SMILES string of the molecule is CN1CN(c2cccc(Oc3ccc4c5ccccc5n(-c5ccccn5)c4c3)c2)c2c1oc1ccccc21. The molecule has 8 rings (SSSR count). The first kappa shape index (κ1) is 21.8. The van der Waals surface area contributed by atoms with E-state index < -0.39 is 0 Å². The summed E-state index contributed by atoms with van der Waals surface area (Å²) in [5.41, 5.74) is 5.20. The highest BCUT2D eigenvalue weighted by molar-refractivity contribution is 6.09. The lowest BCUT2D eigenvalue weighted by atomic mass is 10.1. The molecule has 0 bridgehead atoms. The normalized spacial score (nSPS) is 13.1.